The molecule has 1 fully saturated rings. The van der Waals surface area contributed by atoms with Gasteiger partial charge in [0.15, 0.2) is 0 Å². The van der Waals surface area contributed by atoms with Gasteiger partial charge >= 0.3 is 55.0 Å². The smallest absolute Gasteiger partial charge is 0.316 e. The number of nitrogens with two attached hydrogens (primary N) is 1. The number of nitrogens with zero attached hydrogens (tertiary/aromatic N) is 2. The fraction of sp³-hybridized carbons (Fsp3) is 0.188. The number of hydrogen-bond donors (Lipinski definition) is 3. The van der Waals surface area contributed by atoms with Crippen LogP contribution in [0.15, 0.2) is 58.5 Å². The second-order valence-electron chi connectivity index (χ2n) is 4.82. The van der Waals surface area contributed by atoms with E-state index < -0.39 is 10.0 Å². The molecule has 0 radical (unpaired) electrons. The molecule has 4 N–H and O–H groups in total. The molecule has 1 saturated heterocycles. The van der Waals surface area contributed by atoms with E-state index in [1.54, 1.807) is 10.4 Å². The van der Waals surface area contributed by atoms with Crippen LogP contribution in [-0.2, 0) is 35.9 Å². The Morgan fingerprint density at radius 1 is 1.22 bits per heavy atom. The van der Waals surface area contributed by atoms with Crippen LogP contribution < -0.4 is 15.8 Å². The van der Waals surface area contributed by atoms with Gasteiger partial charge in [-0.1, -0.05) is 0 Å². The summed E-state index contributed by atoms with van der Waals surface area (Å²) in [6, 6.07) is 7.46. The summed E-state index contributed by atoms with van der Waals surface area (Å²) < 4.78 is 27.6. The quantitative estimate of drug-likeness (QED) is 0.420. The molecule has 0 aliphatic carbocycles. The monoisotopic (exact) mass is 495 g/mol. The van der Waals surface area contributed by atoms with E-state index in [4.69, 9.17) is 5.73 Å². The Bertz CT molecular complexity index is 797. The van der Waals surface area contributed by atoms with Crippen molar-refractivity contribution in [1.29, 1.82) is 0 Å². The molecule has 1 aliphatic heterocycles. The minimum Gasteiger partial charge on any atom is -0.399 e. The van der Waals surface area contributed by atoms with Crippen LogP contribution in [0.5, 0.6) is 0 Å². The molecule has 2 heterocycles. The predicted octanol–water partition coefficient (Wildman–Crippen LogP) is 0.516. The van der Waals surface area contributed by atoms with Crippen LogP contribution in [0.1, 0.15) is 12.8 Å². The molecule has 0 unspecified atom stereocenters. The molecule has 11 heteroatoms. The van der Waals surface area contributed by atoms with Gasteiger partial charge in [0.2, 0.25) is 11.9 Å². The fourth-order valence-electron chi connectivity index (χ4n) is 1.74. The maximum Gasteiger partial charge on any atom is 0.316 e. The number of carbonyl (C=O) groups is 1. The zero-order chi connectivity index (χ0) is 19.4. The first-order valence-corrected chi connectivity index (χ1v) is 9.81. The topological polar surface area (TPSA) is 127 Å². The number of nitrogens with one attached hydrogen (secondary N) is 2. The summed E-state index contributed by atoms with van der Waals surface area (Å²) in [6.07, 6.45) is 4.67. The summed E-state index contributed by atoms with van der Waals surface area (Å²) >= 11 is 2.92. The standard InChI is InChI=1S/C10H10N4O2S.C4H7NO.C2H3.Ag.Mg.2H/c11-8-2-4-9(5-3-8)17(15,16)14-10-12-6-1-7-13-10;6-4-2-1-3-5-4;1-2;;;;/h1-7H,11H2,(H,12,13,14);1-3H2,(H,5,6);1H,2H2;;;;. The summed E-state index contributed by atoms with van der Waals surface area (Å²) in [4.78, 5) is 17.8. The van der Waals surface area contributed by atoms with Crippen molar-refractivity contribution >= 4 is 50.6 Å². The molecule has 1 amide bonds. The van der Waals surface area contributed by atoms with E-state index in [-0.39, 0.29) is 39.8 Å². The van der Waals surface area contributed by atoms with Crippen LogP contribution in [0.4, 0.5) is 11.6 Å². The Kier molecular flexibility index (Phi) is 13.0. The van der Waals surface area contributed by atoms with Crippen molar-refractivity contribution in [1.82, 2.24) is 15.3 Å². The van der Waals surface area contributed by atoms with Crippen molar-refractivity contribution in [2.75, 3.05) is 17.0 Å². The molecule has 8 nitrogen and oxygen atoms in total. The maximum atomic E-state index is 11.9. The molecule has 0 atom stereocenters. The van der Waals surface area contributed by atoms with Crippen LogP contribution >= 0.6 is 0 Å². The second kappa shape index (κ2) is 13.7. The molecule has 1 aromatic carbocycles. The Hall–Kier alpha value is -1.43. The van der Waals surface area contributed by atoms with Gasteiger partial charge < -0.3 is 11.1 Å². The first kappa shape index (κ1) is 25.6. The third kappa shape index (κ3) is 10.5. The largest absolute Gasteiger partial charge is 0.399 e. The van der Waals surface area contributed by atoms with Crippen molar-refractivity contribution in [3.8, 4) is 0 Å². The van der Waals surface area contributed by atoms with Gasteiger partial charge in [-0.15, -0.1) is 0 Å². The molecule has 148 valence electrons. The van der Waals surface area contributed by atoms with E-state index in [2.05, 4.69) is 47.7 Å². The average molecular weight is 497 g/mol. The van der Waals surface area contributed by atoms with Crippen LogP contribution in [0, 0.1) is 0 Å². The summed E-state index contributed by atoms with van der Waals surface area (Å²) in [7, 11) is -3.66. The number of amides is 1. The molecular formula is C16H22AgMgN5O3S. The van der Waals surface area contributed by atoms with E-state index in [1.165, 1.54) is 36.7 Å². The van der Waals surface area contributed by atoms with Crippen molar-refractivity contribution in [2.24, 2.45) is 0 Å². The number of aromatic nitrogens is 2. The Morgan fingerprint density at radius 2 is 1.78 bits per heavy atom. The predicted molar refractivity (Wildman–Crippen MR) is 105 cm³/mol. The minimum atomic E-state index is -3.66. The van der Waals surface area contributed by atoms with Gasteiger partial charge in [0.25, 0.3) is 10.0 Å². The van der Waals surface area contributed by atoms with Gasteiger partial charge in [0, 0.05) is 31.0 Å². The Morgan fingerprint density at radius 3 is 2.19 bits per heavy atom. The molecule has 1 aromatic heterocycles. The molecule has 0 bridgehead atoms. The molecule has 3 rings (SSSR count). The minimum absolute atomic E-state index is 0. The van der Waals surface area contributed by atoms with Crippen LogP contribution in [-0.4, -0.2) is 53.9 Å². The number of benzene rings is 1. The average Bonchev–Trinajstić information content (AvgIpc) is 3.08. The third-order valence-electron chi connectivity index (χ3n) is 2.88. The maximum absolute atomic E-state index is 11.9. The number of sulfonamides is 1. The first-order valence-electron chi connectivity index (χ1n) is 7.48. The molecule has 27 heavy (non-hydrogen) atoms. The number of nitrogen functional groups attached to an aromatic ring is 1. The second-order valence-corrected chi connectivity index (χ2v) is 7.11. The first-order chi connectivity index (χ1) is 12.4. The van der Waals surface area contributed by atoms with Crippen molar-refractivity contribution < 1.29 is 34.3 Å². The molecule has 1 aliphatic rings. The molecule has 0 saturated carbocycles. The normalized spacial score (nSPS) is 12.1. The third-order valence-corrected chi connectivity index (χ3v) is 4.23. The number of anilines is 2. The van der Waals surface area contributed by atoms with E-state index in [1.807, 2.05) is 0 Å². The summed E-state index contributed by atoms with van der Waals surface area (Å²) in [5.74, 6) is 0.235. The van der Waals surface area contributed by atoms with Crippen LogP contribution in [0.2, 0.25) is 0 Å². The van der Waals surface area contributed by atoms with Crippen molar-refractivity contribution in [2.45, 2.75) is 17.7 Å². The van der Waals surface area contributed by atoms with Crippen LogP contribution in [0.3, 0.4) is 0 Å². The van der Waals surface area contributed by atoms with E-state index in [0.29, 0.717) is 5.69 Å². The fourth-order valence-corrected chi connectivity index (χ4v) is 2.70. The number of rotatable bonds is 3. The zero-order valence-corrected chi connectivity index (χ0v) is 16.2. The van der Waals surface area contributed by atoms with Crippen molar-refractivity contribution in [3.05, 3.63) is 53.6 Å². The summed E-state index contributed by atoms with van der Waals surface area (Å²) in [5, 5.41) is 2.68. The Labute approximate surface area is 187 Å². The van der Waals surface area contributed by atoms with Crippen LogP contribution in [0.25, 0.3) is 0 Å². The SMILES string of the molecule is C=[CH][Ag].Nc1ccc(S(=O)(=O)Nc2ncccn2)cc1.O=C1CCCN1.[MgH2]. The summed E-state index contributed by atoms with van der Waals surface area (Å²) in [5.41, 5.74) is 5.98. The number of hydrogen-bond acceptors (Lipinski definition) is 6. The van der Waals surface area contributed by atoms with Gasteiger partial charge in [-0.3, -0.25) is 4.79 Å². The molecular weight excluding hydrogens is 474 g/mol. The van der Waals surface area contributed by atoms with E-state index in [9.17, 15) is 13.2 Å². The molecule has 2 aromatic rings. The van der Waals surface area contributed by atoms with E-state index >= 15 is 0 Å². The van der Waals surface area contributed by atoms with Gasteiger partial charge in [0.05, 0.1) is 4.90 Å². The van der Waals surface area contributed by atoms with Gasteiger partial charge in [-0.25, -0.2) is 23.1 Å². The van der Waals surface area contributed by atoms with Gasteiger partial charge in [-0.2, -0.15) is 0 Å². The Balaban J connectivity index is 0.000000564. The van der Waals surface area contributed by atoms with Crippen molar-refractivity contribution in [3.63, 3.8) is 0 Å². The van der Waals surface area contributed by atoms with Gasteiger partial charge in [-0.05, 0) is 36.8 Å². The molecule has 0 spiro atoms. The van der Waals surface area contributed by atoms with E-state index in [0.717, 1.165) is 19.4 Å². The summed E-state index contributed by atoms with van der Waals surface area (Å²) in [6.45, 7) is 4.16. The zero-order valence-electron chi connectivity index (χ0n) is 13.9. The number of carbonyl (C=O) groups excluding carboxylic acids is 1. The van der Waals surface area contributed by atoms with Gasteiger partial charge in [0.1, 0.15) is 0 Å².